The summed E-state index contributed by atoms with van der Waals surface area (Å²) >= 11 is 0. The van der Waals surface area contributed by atoms with Gasteiger partial charge in [0.25, 0.3) is 0 Å². The van der Waals surface area contributed by atoms with E-state index in [0.717, 1.165) is 0 Å². The number of imide groups is 1. The van der Waals surface area contributed by atoms with Crippen molar-refractivity contribution in [2.45, 2.75) is 39.3 Å². The molecule has 0 aromatic carbocycles. The van der Waals surface area contributed by atoms with E-state index in [1.807, 2.05) is 13.8 Å². The second-order valence-corrected chi connectivity index (χ2v) is 4.79. The zero-order valence-electron chi connectivity index (χ0n) is 10.4. The van der Waals surface area contributed by atoms with Gasteiger partial charge in [0.05, 0.1) is 6.04 Å². The van der Waals surface area contributed by atoms with Crippen molar-refractivity contribution in [1.82, 2.24) is 10.2 Å². The van der Waals surface area contributed by atoms with Crippen LogP contribution in [0.2, 0.25) is 0 Å². The highest BCUT2D eigenvalue weighted by molar-refractivity contribution is 6.04. The second-order valence-electron chi connectivity index (χ2n) is 4.79. The Morgan fingerprint density at radius 3 is 2.65 bits per heavy atom. The molecule has 3 N–H and O–H groups in total. The Bertz CT molecular complexity index is 341. The van der Waals surface area contributed by atoms with Gasteiger partial charge < -0.3 is 10.6 Å². The molecule has 0 spiro atoms. The molecule has 1 unspecified atom stereocenters. The number of hydrogen-bond donors (Lipinski definition) is 2. The van der Waals surface area contributed by atoms with Crippen molar-refractivity contribution in [3.8, 4) is 0 Å². The van der Waals surface area contributed by atoms with Gasteiger partial charge in [-0.15, -0.1) is 0 Å². The Kier molecular flexibility index (Phi) is 4.22. The molecule has 1 heterocycles. The first kappa shape index (κ1) is 13.6. The molecule has 3 amide bonds. The Morgan fingerprint density at radius 1 is 1.53 bits per heavy atom. The van der Waals surface area contributed by atoms with Crippen molar-refractivity contribution in [3.63, 3.8) is 0 Å². The number of hydrogen-bond acceptors (Lipinski definition) is 4. The average Bonchev–Trinajstić information content (AvgIpc) is 2.21. The van der Waals surface area contributed by atoms with Crippen LogP contribution < -0.4 is 11.1 Å². The van der Waals surface area contributed by atoms with Gasteiger partial charge in [-0.2, -0.15) is 0 Å². The molecule has 1 rings (SSSR count). The van der Waals surface area contributed by atoms with E-state index < -0.39 is 23.9 Å². The fourth-order valence-electron chi connectivity index (χ4n) is 1.81. The second kappa shape index (κ2) is 5.27. The fourth-order valence-corrected chi connectivity index (χ4v) is 1.81. The van der Waals surface area contributed by atoms with Crippen molar-refractivity contribution in [2.75, 3.05) is 6.54 Å². The van der Waals surface area contributed by atoms with E-state index in [0.29, 0.717) is 12.3 Å². The van der Waals surface area contributed by atoms with Gasteiger partial charge in [0, 0.05) is 0 Å². The molecule has 0 aliphatic carbocycles. The summed E-state index contributed by atoms with van der Waals surface area (Å²) in [7, 11) is 0. The molecule has 96 valence electrons. The average molecular weight is 241 g/mol. The maximum atomic E-state index is 12.0. The highest BCUT2D eigenvalue weighted by Crippen LogP contribution is 2.10. The number of nitrogens with one attached hydrogen (secondary N) is 1. The maximum absolute atomic E-state index is 12.0. The predicted molar refractivity (Wildman–Crippen MR) is 61.8 cm³/mol. The van der Waals surface area contributed by atoms with Crippen LogP contribution in [0.5, 0.6) is 0 Å². The minimum atomic E-state index is -0.656. The van der Waals surface area contributed by atoms with Crippen LogP contribution in [0, 0.1) is 5.92 Å². The van der Waals surface area contributed by atoms with E-state index in [1.54, 1.807) is 6.92 Å². The molecule has 1 saturated heterocycles. The molecule has 6 nitrogen and oxygen atoms in total. The summed E-state index contributed by atoms with van der Waals surface area (Å²) in [6, 6.07) is -1.30. The highest BCUT2D eigenvalue weighted by atomic mass is 16.2. The van der Waals surface area contributed by atoms with E-state index in [-0.39, 0.29) is 12.5 Å². The van der Waals surface area contributed by atoms with Crippen LogP contribution in [-0.2, 0) is 14.4 Å². The lowest BCUT2D eigenvalue weighted by atomic mass is 10.0. The van der Waals surface area contributed by atoms with Crippen LogP contribution in [0.25, 0.3) is 0 Å². The Hall–Kier alpha value is -1.43. The van der Waals surface area contributed by atoms with E-state index in [2.05, 4.69) is 5.32 Å². The van der Waals surface area contributed by atoms with Gasteiger partial charge in [0.2, 0.25) is 17.7 Å². The van der Waals surface area contributed by atoms with Crippen molar-refractivity contribution in [1.29, 1.82) is 0 Å². The number of amides is 3. The summed E-state index contributed by atoms with van der Waals surface area (Å²) in [4.78, 5) is 35.9. The Balaban J connectivity index is 2.73. The minimum absolute atomic E-state index is 0.0997. The molecule has 1 aliphatic rings. The zero-order valence-corrected chi connectivity index (χ0v) is 10.4. The first-order chi connectivity index (χ1) is 7.82. The molecular formula is C11H19N3O3. The van der Waals surface area contributed by atoms with Gasteiger partial charge in [-0.25, -0.2) is 0 Å². The predicted octanol–water partition coefficient (Wildman–Crippen LogP) is -0.767. The van der Waals surface area contributed by atoms with Gasteiger partial charge in [-0.05, 0) is 19.3 Å². The van der Waals surface area contributed by atoms with E-state index in [1.165, 1.54) is 4.90 Å². The molecule has 1 aliphatic heterocycles. The molecule has 0 bridgehead atoms. The minimum Gasteiger partial charge on any atom is -0.320 e. The quantitative estimate of drug-likeness (QED) is 0.635. The zero-order chi connectivity index (χ0) is 13.2. The van der Waals surface area contributed by atoms with Gasteiger partial charge in [-0.3, -0.25) is 19.7 Å². The third-order valence-electron chi connectivity index (χ3n) is 2.75. The largest absolute Gasteiger partial charge is 0.320 e. The van der Waals surface area contributed by atoms with Gasteiger partial charge in [0.1, 0.15) is 12.6 Å². The van der Waals surface area contributed by atoms with E-state index in [4.69, 9.17) is 5.73 Å². The SMILES string of the molecule is CC(C)C[C@@H](N)C(=O)N1CC(=O)NC(=O)C1C. The highest BCUT2D eigenvalue weighted by Gasteiger charge is 2.35. The smallest absolute Gasteiger partial charge is 0.249 e. The lowest BCUT2D eigenvalue weighted by molar-refractivity contribution is -0.150. The number of carbonyl (C=O) groups excluding carboxylic acids is 3. The molecule has 1 fully saturated rings. The number of nitrogens with zero attached hydrogens (tertiary/aromatic N) is 1. The van der Waals surface area contributed by atoms with Crippen LogP contribution in [0.15, 0.2) is 0 Å². The normalized spacial score (nSPS) is 22.6. The summed E-state index contributed by atoms with van der Waals surface area (Å²) in [6.07, 6.45) is 0.540. The number of nitrogens with two attached hydrogens (primary N) is 1. The van der Waals surface area contributed by atoms with Crippen LogP contribution >= 0.6 is 0 Å². The van der Waals surface area contributed by atoms with Crippen LogP contribution in [0.1, 0.15) is 27.2 Å². The lowest BCUT2D eigenvalue weighted by Crippen LogP contribution is -2.61. The van der Waals surface area contributed by atoms with Crippen molar-refractivity contribution in [3.05, 3.63) is 0 Å². The van der Waals surface area contributed by atoms with E-state index in [9.17, 15) is 14.4 Å². The van der Waals surface area contributed by atoms with Gasteiger partial charge in [0.15, 0.2) is 0 Å². The molecular weight excluding hydrogens is 222 g/mol. The summed E-state index contributed by atoms with van der Waals surface area (Å²) in [5.41, 5.74) is 5.77. The lowest BCUT2D eigenvalue weighted by Gasteiger charge is -2.33. The fraction of sp³-hybridized carbons (Fsp3) is 0.727. The molecule has 17 heavy (non-hydrogen) atoms. The third kappa shape index (κ3) is 3.26. The Labute approximate surface area is 101 Å². The first-order valence-electron chi connectivity index (χ1n) is 5.72. The molecule has 2 atom stereocenters. The Morgan fingerprint density at radius 2 is 2.12 bits per heavy atom. The van der Waals surface area contributed by atoms with Gasteiger partial charge >= 0.3 is 0 Å². The monoisotopic (exact) mass is 241 g/mol. The topological polar surface area (TPSA) is 92.5 Å². The molecule has 0 aromatic heterocycles. The third-order valence-corrected chi connectivity index (χ3v) is 2.75. The molecule has 0 radical (unpaired) electrons. The van der Waals surface area contributed by atoms with Crippen LogP contribution in [-0.4, -0.2) is 41.2 Å². The summed E-state index contributed by atoms with van der Waals surface area (Å²) < 4.78 is 0. The standard InChI is InChI=1S/C11H19N3O3/c1-6(2)4-8(12)11(17)14-5-9(15)13-10(16)7(14)3/h6-8H,4-5,12H2,1-3H3,(H,13,15,16)/t7?,8-/m1/s1. The van der Waals surface area contributed by atoms with Crippen molar-refractivity contribution >= 4 is 17.7 Å². The van der Waals surface area contributed by atoms with Crippen molar-refractivity contribution in [2.24, 2.45) is 11.7 Å². The number of rotatable bonds is 3. The van der Waals surface area contributed by atoms with Crippen LogP contribution in [0.3, 0.4) is 0 Å². The molecule has 6 heteroatoms. The summed E-state index contributed by atoms with van der Waals surface area (Å²) in [5, 5.41) is 2.18. The molecule has 0 saturated carbocycles. The number of piperazine rings is 1. The molecule has 0 aromatic rings. The number of carbonyl (C=O) groups is 3. The van der Waals surface area contributed by atoms with E-state index >= 15 is 0 Å². The van der Waals surface area contributed by atoms with Crippen LogP contribution in [0.4, 0.5) is 0 Å². The summed E-state index contributed by atoms with van der Waals surface area (Å²) in [5.74, 6) is -0.961. The van der Waals surface area contributed by atoms with Gasteiger partial charge in [-0.1, -0.05) is 13.8 Å². The first-order valence-corrected chi connectivity index (χ1v) is 5.72. The van der Waals surface area contributed by atoms with Crippen molar-refractivity contribution < 1.29 is 14.4 Å². The summed E-state index contributed by atoms with van der Waals surface area (Å²) in [6.45, 7) is 5.41. The maximum Gasteiger partial charge on any atom is 0.249 e.